The second-order valence-electron chi connectivity index (χ2n) is 6.48. The van der Waals surface area contributed by atoms with Crippen LogP contribution in [0.25, 0.3) is 0 Å². The Kier molecular flexibility index (Phi) is 4.83. The Morgan fingerprint density at radius 3 is 2.56 bits per heavy atom. The van der Waals surface area contributed by atoms with Crippen LogP contribution in [0.4, 0.5) is 0 Å². The third kappa shape index (κ3) is 3.04. The highest BCUT2D eigenvalue weighted by Crippen LogP contribution is 2.31. The van der Waals surface area contributed by atoms with Crippen LogP contribution in [-0.2, 0) is 10.0 Å². The van der Waals surface area contributed by atoms with Gasteiger partial charge in [0.1, 0.15) is 4.90 Å². The van der Waals surface area contributed by atoms with E-state index >= 15 is 0 Å². The van der Waals surface area contributed by atoms with Crippen molar-refractivity contribution in [2.24, 2.45) is 5.92 Å². The van der Waals surface area contributed by atoms with Crippen molar-refractivity contribution in [3.63, 3.8) is 0 Å². The van der Waals surface area contributed by atoms with Crippen LogP contribution in [0.3, 0.4) is 0 Å². The minimum atomic E-state index is -3.84. The van der Waals surface area contributed by atoms with Crippen LogP contribution in [0, 0.1) is 5.92 Å². The van der Waals surface area contributed by atoms with E-state index in [1.807, 2.05) is 7.05 Å². The summed E-state index contributed by atoms with van der Waals surface area (Å²) in [5.41, 5.74) is 0.464. The fourth-order valence-electron chi connectivity index (χ4n) is 3.53. The number of nitrogens with zero attached hydrogens (tertiary/aromatic N) is 2. The minimum Gasteiger partial charge on any atom is -0.339 e. The summed E-state index contributed by atoms with van der Waals surface area (Å²) in [6.07, 6.45) is 1.86. The predicted octanol–water partition coefficient (Wildman–Crippen LogP) is 0.923. The maximum Gasteiger partial charge on any atom is 0.268 e. The van der Waals surface area contributed by atoms with Crippen molar-refractivity contribution in [2.75, 3.05) is 33.2 Å². The molecule has 8 heteroatoms. The van der Waals surface area contributed by atoms with Crippen LogP contribution < -0.4 is 5.32 Å². The van der Waals surface area contributed by atoms with E-state index in [-0.39, 0.29) is 22.9 Å². The Labute approximate surface area is 148 Å². The molecular formula is C17H23N3O4S. The molecule has 3 rings (SSSR count). The molecule has 1 aromatic rings. The van der Waals surface area contributed by atoms with E-state index < -0.39 is 15.9 Å². The van der Waals surface area contributed by atoms with Gasteiger partial charge in [0.2, 0.25) is 0 Å². The number of hydrogen-bond acceptors (Lipinski definition) is 5. The van der Waals surface area contributed by atoms with Crippen LogP contribution in [0.1, 0.15) is 40.5 Å². The number of carbonyl (C=O) groups excluding carboxylic acids is 2. The number of sulfonamides is 1. The molecule has 2 aliphatic heterocycles. The number of hydrogen-bond donors (Lipinski definition) is 1. The molecule has 25 heavy (non-hydrogen) atoms. The first-order valence-corrected chi connectivity index (χ1v) is 9.99. The summed E-state index contributed by atoms with van der Waals surface area (Å²) in [5.74, 6) is -0.141. The topological polar surface area (TPSA) is 86.8 Å². The molecule has 2 aliphatic rings. The molecule has 1 aromatic carbocycles. The molecular weight excluding hydrogens is 342 g/mol. The normalized spacial score (nSPS) is 20.0. The molecule has 136 valence electrons. The number of carbonyl (C=O) groups is 2. The van der Waals surface area contributed by atoms with Crippen molar-refractivity contribution in [3.8, 4) is 0 Å². The van der Waals surface area contributed by atoms with Crippen molar-refractivity contribution < 1.29 is 18.0 Å². The third-order valence-corrected chi connectivity index (χ3v) is 6.83. The van der Waals surface area contributed by atoms with E-state index in [9.17, 15) is 18.0 Å². The molecule has 0 radical (unpaired) electrons. The number of rotatable bonds is 4. The standard InChI is InChI=1S/C17H23N3O4S/c1-3-20-17(22)14-5-4-13(10-15(14)25(20,23)24)16(21)19-8-6-12(7-9-19)11-18-2/h4-5,10,12,18H,3,6-9,11H2,1-2H3. The van der Waals surface area contributed by atoms with Crippen LogP contribution in [0.5, 0.6) is 0 Å². The highest BCUT2D eigenvalue weighted by Gasteiger charge is 2.40. The molecule has 0 aliphatic carbocycles. The van der Waals surface area contributed by atoms with Gasteiger partial charge >= 0.3 is 0 Å². The third-order valence-electron chi connectivity index (χ3n) is 4.94. The Hall–Kier alpha value is -1.93. The first kappa shape index (κ1) is 17.9. The number of piperidine rings is 1. The van der Waals surface area contributed by atoms with Crippen LogP contribution in [0.2, 0.25) is 0 Å². The largest absolute Gasteiger partial charge is 0.339 e. The van der Waals surface area contributed by atoms with Crippen molar-refractivity contribution in [2.45, 2.75) is 24.7 Å². The van der Waals surface area contributed by atoms with E-state index in [1.165, 1.54) is 12.1 Å². The summed E-state index contributed by atoms with van der Waals surface area (Å²) < 4.78 is 25.8. The van der Waals surface area contributed by atoms with E-state index in [0.29, 0.717) is 24.6 Å². The maximum atomic E-state index is 12.7. The molecule has 0 atom stereocenters. The zero-order chi connectivity index (χ0) is 18.2. The van der Waals surface area contributed by atoms with E-state index in [2.05, 4.69) is 5.32 Å². The Morgan fingerprint density at radius 2 is 1.96 bits per heavy atom. The second kappa shape index (κ2) is 6.76. The van der Waals surface area contributed by atoms with Crippen LogP contribution >= 0.6 is 0 Å². The molecule has 7 nitrogen and oxygen atoms in total. The molecule has 0 aromatic heterocycles. The summed E-state index contributed by atoms with van der Waals surface area (Å²) in [7, 11) is -1.92. The Balaban J connectivity index is 1.82. The molecule has 2 heterocycles. The van der Waals surface area contributed by atoms with Gasteiger partial charge in [0.25, 0.3) is 21.8 Å². The first-order valence-electron chi connectivity index (χ1n) is 8.55. The van der Waals surface area contributed by atoms with Gasteiger partial charge in [-0.1, -0.05) is 0 Å². The SMILES string of the molecule is CCN1C(=O)c2ccc(C(=O)N3CCC(CNC)CC3)cc2S1(=O)=O. The molecule has 1 N–H and O–H groups in total. The summed E-state index contributed by atoms with van der Waals surface area (Å²) in [6, 6.07) is 4.35. The van der Waals surface area contributed by atoms with Gasteiger partial charge in [0, 0.05) is 25.2 Å². The summed E-state index contributed by atoms with van der Waals surface area (Å²) in [6.45, 7) is 3.96. The first-order chi connectivity index (χ1) is 11.9. The van der Waals surface area contributed by atoms with Crippen molar-refractivity contribution >= 4 is 21.8 Å². The van der Waals surface area contributed by atoms with E-state index in [4.69, 9.17) is 0 Å². The monoisotopic (exact) mass is 365 g/mol. The number of fused-ring (bicyclic) bond motifs is 1. The van der Waals surface area contributed by atoms with Gasteiger partial charge in [-0.2, -0.15) is 0 Å². The van der Waals surface area contributed by atoms with Crippen molar-refractivity contribution in [1.29, 1.82) is 0 Å². The molecule has 0 saturated carbocycles. The van der Waals surface area contributed by atoms with Gasteiger partial charge in [-0.25, -0.2) is 12.7 Å². The Bertz CT molecular complexity index is 798. The van der Waals surface area contributed by atoms with Gasteiger partial charge in [0.05, 0.1) is 5.56 Å². The molecule has 1 fully saturated rings. The number of nitrogens with one attached hydrogen (secondary N) is 1. The van der Waals surface area contributed by atoms with Gasteiger partial charge in [-0.05, 0) is 57.5 Å². The van der Waals surface area contributed by atoms with Gasteiger partial charge in [-0.3, -0.25) is 9.59 Å². The van der Waals surface area contributed by atoms with E-state index in [0.717, 1.165) is 23.7 Å². The lowest BCUT2D eigenvalue weighted by molar-refractivity contribution is 0.0690. The molecule has 0 spiro atoms. The highest BCUT2D eigenvalue weighted by molar-refractivity contribution is 7.90. The lowest BCUT2D eigenvalue weighted by atomic mass is 9.96. The molecule has 1 saturated heterocycles. The van der Waals surface area contributed by atoms with Gasteiger partial charge in [-0.15, -0.1) is 0 Å². The van der Waals surface area contributed by atoms with Crippen molar-refractivity contribution in [1.82, 2.24) is 14.5 Å². The fraction of sp³-hybridized carbons (Fsp3) is 0.529. The summed E-state index contributed by atoms with van der Waals surface area (Å²) in [5, 5.41) is 3.16. The van der Waals surface area contributed by atoms with Crippen molar-refractivity contribution in [3.05, 3.63) is 29.3 Å². The second-order valence-corrected chi connectivity index (χ2v) is 8.31. The number of benzene rings is 1. The lowest BCUT2D eigenvalue weighted by Crippen LogP contribution is -2.40. The maximum absolute atomic E-state index is 12.7. The molecule has 2 amide bonds. The smallest absolute Gasteiger partial charge is 0.268 e. The predicted molar refractivity (Wildman–Crippen MR) is 92.9 cm³/mol. The molecule has 0 unspecified atom stereocenters. The average molecular weight is 365 g/mol. The number of amides is 2. The highest BCUT2D eigenvalue weighted by atomic mass is 32.2. The summed E-state index contributed by atoms with van der Waals surface area (Å²) in [4.78, 5) is 26.6. The van der Waals surface area contributed by atoms with E-state index in [1.54, 1.807) is 17.9 Å². The zero-order valence-electron chi connectivity index (χ0n) is 14.5. The van der Waals surface area contributed by atoms with Crippen LogP contribution in [-0.4, -0.2) is 62.7 Å². The lowest BCUT2D eigenvalue weighted by Gasteiger charge is -2.32. The zero-order valence-corrected chi connectivity index (χ0v) is 15.3. The van der Waals surface area contributed by atoms with Crippen LogP contribution in [0.15, 0.2) is 23.1 Å². The number of likely N-dealkylation sites (tertiary alicyclic amines) is 1. The molecule has 0 bridgehead atoms. The quantitative estimate of drug-likeness (QED) is 0.857. The average Bonchev–Trinajstić information content (AvgIpc) is 2.80. The minimum absolute atomic E-state index is 0.0599. The van der Waals surface area contributed by atoms with Gasteiger partial charge in [0.15, 0.2) is 0 Å². The Morgan fingerprint density at radius 1 is 1.28 bits per heavy atom. The van der Waals surface area contributed by atoms with Gasteiger partial charge < -0.3 is 10.2 Å². The fourth-order valence-corrected chi connectivity index (χ4v) is 5.14. The summed E-state index contributed by atoms with van der Waals surface area (Å²) >= 11 is 0.